The fourth-order valence-electron chi connectivity index (χ4n) is 11.7. The monoisotopic (exact) mass is 998 g/mol. The molecule has 0 saturated carbocycles. The van der Waals surface area contributed by atoms with Crippen LogP contribution in [0.5, 0.6) is 0 Å². The maximum Gasteiger partial charge on any atom is 0.165 e. The molecule has 77 heavy (non-hydrogen) atoms. The molecule has 4 heterocycles. The zero-order valence-corrected chi connectivity index (χ0v) is 42.2. The van der Waals surface area contributed by atoms with Crippen molar-refractivity contribution in [2.75, 3.05) is 0 Å². The first kappa shape index (κ1) is 43.4. The van der Waals surface area contributed by atoms with Crippen LogP contribution in [0.2, 0.25) is 0 Å². The molecule has 6 heteroatoms. The molecule has 5 nitrogen and oxygen atoms in total. The van der Waals surface area contributed by atoms with Crippen molar-refractivity contribution in [1.29, 1.82) is 0 Å². The molecule has 0 fully saturated rings. The van der Waals surface area contributed by atoms with Gasteiger partial charge in [-0.15, -0.1) is 11.3 Å². The van der Waals surface area contributed by atoms with Crippen LogP contribution in [0, 0.1) is 0 Å². The van der Waals surface area contributed by atoms with Crippen LogP contribution in [0.4, 0.5) is 0 Å². The van der Waals surface area contributed by atoms with Gasteiger partial charge < -0.3 is 8.98 Å². The molecule has 0 unspecified atom stereocenters. The number of para-hydroxylation sites is 1. The number of furan rings is 1. The van der Waals surface area contributed by atoms with Gasteiger partial charge in [-0.25, -0.2) is 15.0 Å². The summed E-state index contributed by atoms with van der Waals surface area (Å²) >= 11 is 1.78. The van der Waals surface area contributed by atoms with Crippen molar-refractivity contribution < 1.29 is 4.42 Å². The smallest absolute Gasteiger partial charge is 0.165 e. The Kier molecular flexibility index (Phi) is 9.74. The summed E-state index contributed by atoms with van der Waals surface area (Å²) in [5, 5.41) is 11.4. The summed E-state index contributed by atoms with van der Waals surface area (Å²) in [6.45, 7) is 0. The molecule has 0 spiro atoms. The Labute approximate surface area is 446 Å². The summed E-state index contributed by atoms with van der Waals surface area (Å²) in [4.78, 5) is 16.2. The lowest BCUT2D eigenvalue weighted by Gasteiger charge is -2.16. The van der Waals surface area contributed by atoms with E-state index in [1.165, 1.54) is 48.1 Å². The minimum absolute atomic E-state index is 0.576. The molecule has 0 aliphatic rings. The van der Waals surface area contributed by atoms with Crippen molar-refractivity contribution >= 4 is 96.8 Å². The van der Waals surface area contributed by atoms with Crippen LogP contribution in [0.1, 0.15) is 0 Å². The highest BCUT2D eigenvalue weighted by Gasteiger charge is 2.24. The fourth-order valence-corrected chi connectivity index (χ4v) is 12.9. The number of aromatic nitrogens is 4. The summed E-state index contributed by atoms with van der Waals surface area (Å²) in [7, 11) is 0. The lowest BCUT2D eigenvalue weighted by molar-refractivity contribution is 0.668. The molecular formula is C71H42N4OS. The molecular weight excluding hydrogens is 957 g/mol. The maximum absolute atomic E-state index is 7.05. The SMILES string of the molecule is c1ccc(-c2cccc(-c3ccc(-c4cc5c(cc4-n4c6ccccc6c6cc7ccccc7cc64)oc4cccc(-c6nc(-c7ccc8ccccc8c7)nc(-c7cccc8c7sc7ccccc78)n6)c45)cc3)c2)cc1. The summed E-state index contributed by atoms with van der Waals surface area (Å²) in [6, 6.07) is 91.3. The van der Waals surface area contributed by atoms with Gasteiger partial charge in [0.1, 0.15) is 11.2 Å². The van der Waals surface area contributed by atoms with Crippen molar-refractivity contribution in [3.8, 4) is 73.2 Å². The molecule has 12 aromatic carbocycles. The van der Waals surface area contributed by atoms with Crippen LogP contribution >= 0.6 is 11.3 Å². The third-order valence-electron chi connectivity index (χ3n) is 15.4. The lowest BCUT2D eigenvalue weighted by atomic mass is 9.95. The lowest BCUT2D eigenvalue weighted by Crippen LogP contribution is -2.00. The molecule has 16 rings (SSSR count). The van der Waals surface area contributed by atoms with Crippen molar-refractivity contribution in [2.45, 2.75) is 0 Å². The van der Waals surface area contributed by atoms with E-state index in [2.05, 4.69) is 259 Å². The summed E-state index contributed by atoms with van der Waals surface area (Å²) in [5.41, 5.74) is 14.4. The van der Waals surface area contributed by atoms with E-state index in [0.717, 1.165) is 93.1 Å². The van der Waals surface area contributed by atoms with Crippen LogP contribution in [-0.4, -0.2) is 19.5 Å². The second-order valence-electron chi connectivity index (χ2n) is 19.9. The zero-order valence-electron chi connectivity index (χ0n) is 41.4. The van der Waals surface area contributed by atoms with E-state index in [1.54, 1.807) is 11.3 Å². The van der Waals surface area contributed by atoms with Crippen LogP contribution < -0.4 is 0 Å². The van der Waals surface area contributed by atoms with Crippen LogP contribution in [0.15, 0.2) is 259 Å². The van der Waals surface area contributed by atoms with Gasteiger partial charge in [0.15, 0.2) is 17.5 Å². The number of nitrogens with zero attached hydrogens (tertiary/aromatic N) is 4. The van der Waals surface area contributed by atoms with Gasteiger partial charge in [0, 0.05) is 70.0 Å². The molecule has 16 aromatic rings. The number of thiophene rings is 1. The Morgan fingerprint density at radius 1 is 0.312 bits per heavy atom. The molecule has 0 bridgehead atoms. The minimum Gasteiger partial charge on any atom is -0.456 e. The largest absolute Gasteiger partial charge is 0.456 e. The van der Waals surface area contributed by atoms with E-state index in [1.807, 2.05) is 0 Å². The predicted molar refractivity (Wildman–Crippen MR) is 322 cm³/mol. The van der Waals surface area contributed by atoms with Crippen LogP contribution in [0.3, 0.4) is 0 Å². The Balaban J connectivity index is 0.939. The highest BCUT2D eigenvalue weighted by Crippen LogP contribution is 2.45. The molecule has 0 amide bonds. The fraction of sp³-hybridized carbons (Fsp3) is 0. The van der Waals surface area contributed by atoms with Gasteiger partial charge in [-0.2, -0.15) is 0 Å². The third-order valence-corrected chi connectivity index (χ3v) is 16.6. The molecule has 0 N–H and O–H groups in total. The number of benzene rings is 12. The number of rotatable bonds is 7. The average molecular weight is 999 g/mol. The van der Waals surface area contributed by atoms with Crippen molar-refractivity contribution in [2.24, 2.45) is 0 Å². The Morgan fingerprint density at radius 3 is 1.74 bits per heavy atom. The van der Waals surface area contributed by atoms with E-state index in [-0.39, 0.29) is 0 Å². The summed E-state index contributed by atoms with van der Waals surface area (Å²) in [5.74, 6) is 1.80. The number of fused-ring (bicyclic) bond motifs is 11. The predicted octanol–water partition coefficient (Wildman–Crippen LogP) is 19.5. The molecule has 358 valence electrons. The van der Waals surface area contributed by atoms with E-state index in [9.17, 15) is 0 Å². The highest BCUT2D eigenvalue weighted by molar-refractivity contribution is 7.26. The van der Waals surface area contributed by atoms with Gasteiger partial charge in [-0.05, 0) is 104 Å². The molecule has 0 aliphatic heterocycles. The molecule has 0 radical (unpaired) electrons. The first-order valence-electron chi connectivity index (χ1n) is 26.0. The second kappa shape index (κ2) is 17.3. The van der Waals surface area contributed by atoms with E-state index in [4.69, 9.17) is 19.4 Å². The van der Waals surface area contributed by atoms with Crippen molar-refractivity contribution in [3.05, 3.63) is 255 Å². The molecule has 0 atom stereocenters. The van der Waals surface area contributed by atoms with Crippen LogP contribution in [0.25, 0.3) is 159 Å². The summed E-state index contributed by atoms with van der Waals surface area (Å²) < 4.78 is 11.9. The average Bonchev–Trinajstić information content (AvgIpc) is 4.28. The van der Waals surface area contributed by atoms with Gasteiger partial charge >= 0.3 is 0 Å². The number of hydrogen-bond acceptors (Lipinski definition) is 5. The first-order chi connectivity index (χ1) is 38.1. The Morgan fingerprint density at radius 2 is 0.909 bits per heavy atom. The maximum atomic E-state index is 7.05. The van der Waals surface area contributed by atoms with Gasteiger partial charge in [-0.1, -0.05) is 194 Å². The standard InChI is InChI=1S/C71H42N4OS/c1-2-15-43(16-3-1)48-21-12-22-49(37-48)45-31-34-46(35-32-45)58-41-60-65(42-63(58)75-61-28-10-8-23-53(61)59-39-50-19-6-7-20-51(50)40-62(59)75)76-64-29-14-26-56(67(60)64)70-72-69(52-36-33-44-17-4-5-18-47(44)38-52)73-71(74-70)57-27-13-25-55-54-24-9-11-30-66(54)77-68(55)57/h1-42H. The Bertz CT molecular complexity index is 5050. The third kappa shape index (κ3) is 7.11. The zero-order chi connectivity index (χ0) is 50.6. The topological polar surface area (TPSA) is 56.7 Å². The first-order valence-corrected chi connectivity index (χ1v) is 26.8. The van der Waals surface area contributed by atoms with Crippen molar-refractivity contribution in [1.82, 2.24) is 19.5 Å². The normalized spacial score (nSPS) is 11.9. The van der Waals surface area contributed by atoms with Gasteiger partial charge in [0.25, 0.3) is 0 Å². The molecule has 0 aliphatic carbocycles. The molecule has 0 saturated heterocycles. The van der Waals surface area contributed by atoms with Crippen LogP contribution in [-0.2, 0) is 0 Å². The van der Waals surface area contributed by atoms with E-state index < -0.39 is 0 Å². The number of hydrogen-bond donors (Lipinski definition) is 0. The minimum atomic E-state index is 0.576. The van der Waals surface area contributed by atoms with Gasteiger partial charge in [0.2, 0.25) is 0 Å². The highest BCUT2D eigenvalue weighted by atomic mass is 32.1. The summed E-state index contributed by atoms with van der Waals surface area (Å²) in [6.07, 6.45) is 0. The van der Waals surface area contributed by atoms with Crippen molar-refractivity contribution in [3.63, 3.8) is 0 Å². The van der Waals surface area contributed by atoms with Gasteiger partial charge in [0.05, 0.1) is 16.7 Å². The van der Waals surface area contributed by atoms with Gasteiger partial charge in [-0.3, -0.25) is 0 Å². The second-order valence-corrected chi connectivity index (χ2v) is 20.9. The molecule has 4 aromatic heterocycles. The van der Waals surface area contributed by atoms with E-state index >= 15 is 0 Å². The van der Waals surface area contributed by atoms with E-state index in [0.29, 0.717) is 17.5 Å². The quantitative estimate of drug-likeness (QED) is 0.160. The Hall–Kier alpha value is -10.0.